The number of carboxylic acids is 1. The molecule has 0 aromatic heterocycles. The van der Waals surface area contributed by atoms with E-state index in [1.165, 1.54) is 0 Å². The Morgan fingerprint density at radius 2 is 2.17 bits per heavy atom. The van der Waals surface area contributed by atoms with Gasteiger partial charge in [0.15, 0.2) is 0 Å². The van der Waals surface area contributed by atoms with Crippen LogP contribution in [-0.4, -0.2) is 72.7 Å². The Hall–Kier alpha value is -1.34. The van der Waals surface area contributed by atoms with Crippen molar-refractivity contribution in [2.45, 2.75) is 6.10 Å². The van der Waals surface area contributed by atoms with Crippen molar-refractivity contribution in [1.82, 2.24) is 9.80 Å². The number of carbonyl (C=O) groups is 2. The maximum atomic E-state index is 12.6. The summed E-state index contributed by atoms with van der Waals surface area (Å²) in [5.41, 5.74) is 0.360. The highest BCUT2D eigenvalue weighted by Gasteiger charge is 2.27. The van der Waals surface area contributed by atoms with Gasteiger partial charge in [-0.15, -0.1) is 0 Å². The maximum Gasteiger partial charge on any atom is 0.317 e. The zero-order valence-corrected chi connectivity index (χ0v) is 14.2. The SMILES string of the molecule is CN(CC(=O)O)CC1CN(C(=O)c2cccc(Cl)c2Cl)CCO1. The molecule has 1 saturated heterocycles. The highest BCUT2D eigenvalue weighted by Crippen LogP contribution is 2.27. The first-order valence-corrected chi connectivity index (χ1v) is 7.89. The highest BCUT2D eigenvalue weighted by molar-refractivity contribution is 6.43. The standard InChI is InChI=1S/C15H18Cl2N2O4/c1-18(9-13(20)21)7-10-8-19(5-6-23-10)15(22)11-3-2-4-12(16)14(11)17/h2-4,10H,5-9H2,1H3,(H,20,21). The fourth-order valence-corrected chi connectivity index (χ4v) is 2.88. The van der Waals surface area contributed by atoms with Crippen molar-refractivity contribution in [3.8, 4) is 0 Å². The largest absolute Gasteiger partial charge is 0.480 e. The quantitative estimate of drug-likeness (QED) is 0.867. The molecule has 0 saturated carbocycles. The summed E-state index contributed by atoms with van der Waals surface area (Å²) in [7, 11) is 1.70. The van der Waals surface area contributed by atoms with Crippen molar-refractivity contribution in [2.24, 2.45) is 0 Å². The summed E-state index contributed by atoms with van der Waals surface area (Å²) >= 11 is 12.1. The lowest BCUT2D eigenvalue weighted by Crippen LogP contribution is -2.49. The number of hydrogen-bond donors (Lipinski definition) is 1. The molecule has 1 amide bonds. The second-order valence-electron chi connectivity index (χ2n) is 5.44. The topological polar surface area (TPSA) is 70.1 Å². The average Bonchev–Trinajstić information content (AvgIpc) is 2.48. The van der Waals surface area contributed by atoms with Crippen LogP contribution in [0.1, 0.15) is 10.4 Å². The second-order valence-corrected chi connectivity index (χ2v) is 6.22. The van der Waals surface area contributed by atoms with Gasteiger partial charge in [-0.1, -0.05) is 29.3 Å². The third-order valence-electron chi connectivity index (χ3n) is 3.53. The number of amides is 1. The number of rotatable bonds is 5. The first-order valence-electron chi connectivity index (χ1n) is 7.13. The van der Waals surface area contributed by atoms with E-state index in [9.17, 15) is 9.59 Å². The van der Waals surface area contributed by atoms with Gasteiger partial charge in [-0.3, -0.25) is 14.5 Å². The zero-order chi connectivity index (χ0) is 17.0. The number of nitrogens with zero attached hydrogens (tertiary/aromatic N) is 2. The highest BCUT2D eigenvalue weighted by atomic mass is 35.5. The lowest BCUT2D eigenvalue weighted by Gasteiger charge is -2.34. The molecule has 2 rings (SSSR count). The van der Waals surface area contributed by atoms with Crippen LogP contribution in [0, 0.1) is 0 Å². The number of ether oxygens (including phenoxy) is 1. The van der Waals surface area contributed by atoms with E-state index in [1.54, 1.807) is 35.0 Å². The van der Waals surface area contributed by atoms with Crippen LogP contribution >= 0.6 is 23.2 Å². The molecule has 126 valence electrons. The van der Waals surface area contributed by atoms with Crippen LogP contribution in [0.5, 0.6) is 0 Å². The first kappa shape index (κ1) is 18.0. The summed E-state index contributed by atoms with van der Waals surface area (Å²) in [4.78, 5) is 26.6. The number of halogens is 2. The lowest BCUT2D eigenvalue weighted by atomic mass is 10.1. The first-order chi connectivity index (χ1) is 10.9. The summed E-state index contributed by atoms with van der Waals surface area (Å²) in [6.45, 7) is 1.59. The smallest absolute Gasteiger partial charge is 0.317 e. The van der Waals surface area contributed by atoms with Gasteiger partial charge < -0.3 is 14.7 Å². The van der Waals surface area contributed by atoms with Gasteiger partial charge in [0.2, 0.25) is 0 Å². The van der Waals surface area contributed by atoms with Gasteiger partial charge in [0, 0.05) is 19.6 Å². The fourth-order valence-electron chi connectivity index (χ4n) is 2.50. The summed E-state index contributed by atoms with van der Waals surface area (Å²) in [6, 6.07) is 4.95. The Labute approximate surface area is 144 Å². The average molecular weight is 361 g/mol. The van der Waals surface area contributed by atoms with Gasteiger partial charge >= 0.3 is 5.97 Å². The molecule has 1 N–H and O–H groups in total. The van der Waals surface area contributed by atoms with Crippen molar-refractivity contribution < 1.29 is 19.4 Å². The molecule has 1 aliphatic rings. The summed E-state index contributed by atoms with van der Waals surface area (Å²) in [5, 5.41) is 9.36. The van der Waals surface area contributed by atoms with E-state index in [2.05, 4.69) is 0 Å². The van der Waals surface area contributed by atoms with Gasteiger partial charge in [0.1, 0.15) is 0 Å². The molecule has 1 heterocycles. The zero-order valence-electron chi connectivity index (χ0n) is 12.7. The molecule has 1 aromatic carbocycles. The minimum atomic E-state index is -0.901. The molecule has 0 bridgehead atoms. The van der Waals surface area contributed by atoms with E-state index < -0.39 is 5.97 Å². The monoisotopic (exact) mass is 360 g/mol. The summed E-state index contributed by atoms with van der Waals surface area (Å²) in [6.07, 6.45) is -0.241. The molecule has 0 aliphatic carbocycles. The number of likely N-dealkylation sites (N-methyl/N-ethyl adjacent to an activating group) is 1. The van der Waals surface area contributed by atoms with E-state index >= 15 is 0 Å². The van der Waals surface area contributed by atoms with Crippen molar-refractivity contribution >= 4 is 35.1 Å². The minimum absolute atomic E-state index is 0.0755. The van der Waals surface area contributed by atoms with Crippen molar-refractivity contribution in [3.63, 3.8) is 0 Å². The van der Waals surface area contributed by atoms with Gasteiger partial charge in [0.25, 0.3) is 5.91 Å². The molecular weight excluding hydrogens is 343 g/mol. The molecule has 1 aromatic rings. The molecule has 1 unspecified atom stereocenters. The summed E-state index contributed by atoms with van der Waals surface area (Å²) in [5.74, 6) is -1.10. The van der Waals surface area contributed by atoms with Crippen LogP contribution in [0.3, 0.4) is 0 Å². The molecule has 0 spiro atoms. The number of aliphatic carboxylic acids is 1. The number of hydrogen-bond acceptors (Lipinski definition) is 4. The van der Waals surface area contributed by atoms with Crippen LogP contribution in [0.15, 0.2) is 18.2 Å². The van der Waals surface area contributed by atoms with Crippen molar-refractivity contribution in [1.29, 1.82) is 0 Å². The van der Waals surface area contributed by atoms with E-state index in [0.717, 1.165) is 0 Å². The number of carboxylic acid groups (broad SMARTS) is 1. The van der Waals surface area contributed by atoms with Gasteiger partial charge in [-0.25, -0.2) is 0 Å². The Balaban J connectivity index is 2.01. The Kier molecular flexibility index (Phi) is 6.24. The lowest BCUT2D eigenvalue weighted by molar-refractivity contribution is -0.138. The van der Waals surface area contributed by atoms with Crippen LogP contribution < -0.4 is 0 Å². The number of carbonyl (C=O) groups excluding carboxylic acids is 1. The van der Waals surface area contributed by atoms with E-state index in [1.807, 2.05) is 0 Å². The van der Waals surface area contributed by atoms with Crippen LogP contribution in [0.25, 0.3) is 0 Å². The molecule has 1 aliphatic heterocycles. The van der Waals surface area contributed by atoms with Gasteiger partial charge in [0.05, 0.1) is 34.9 Å². The minimum Gasteiger partial charge on any atom is -0.480 e. The van der Waals surface area contributed by atoms with Crippen LogP contribution in [-0.2, 0) is 9.53 Å². The normalized spacial score (nSPS) is 18.3. The predicted octanol–water partition coefficient (Wildman–Crippen LogP) is 1.85. The molecule has 1 atom stereocenters. The van der Waals surface area contributed by atoms with Crippen LogP contribution in [0.2, 0.25) is 10.0 Å². The molecule has 1 fully saturated rings. The molecule has 23 heavy (non-hydrogen) atoms. The van der Waals surface area contributed by atoms with E-state index in [4.69, 9.17) is 33.0 Å². The summed E-state index contributed by atoms with van der Waals surface area (Å²) < 4.78 is 5.61. The molecular formula is C15H18Cl2N2O4. The molecule has 6 nitrogen and oxygen atoms in total. The van der Waals surface area contributed by atoms with E-state index in [0.29, 0.717) is 36.8 Å². The van der Waals surface area contributed by atoms with Gasteiger partial charge in [-0.05, 0) is 19.2 Å². The molecule has 0 radical (unpaired) electrons. The van der Waals surface area contributed by atoms with Crippen molar-refractivity contribution in [2.75, 3.05) is 39.8 Å². The third kappa shape index (κ3) is 4.81. The van der Waals surface area contributed by atoms with E-state index in [-0.39, 0.29) is 23.6 Å². The Bertz CT molecular complexity index is 597. The number of morpholine rings is 1. The second kappa shape index (κ2) is 7.97. The fraction of sp³-hybridized carbons (Fsp3) is 0.467. The molecule has 8 heteroatoms. The maximum absolute atomic E-state index is 12.6. The van der Waals surface area contributed by atoms with Gasteiger partial charge in [-0.2, -0.15) is 0 Å². The predicted molar refractivity (Wildman–Crippen MR) is 87.2 cm³/mol. The Morgan fingerprint density at radius 3 is 2.87 bits per heavy atom. The van der Waals surface area contributed by atoms with Crippen LogP contribution in [0.4, 0.5) is 0 Å². The van der Waals surface area contributed by atoms with Crippen molar-refractivity contribution in [3.05, 3.63) is 33.8 Å². The third-order valence-corrected chi connectivity index (χ3v) is 4.35. The Morgan fingerprint density at radius 1 is 1.43 bits per heavy atom. The number of benzene rings is 1.